The Morgan fingerprint density at radius 2 is 1.48 bits per heavy atom. The molecule has 1 aliphatic rings. The Morgan fingerprint density at radius 3 is 2.18 bits per heavy atom. The molecule has 4 rings (SSSR count). The molecule has 1 aliphatic heterocycles. The van der Waals surface area contributed by atoms with E-state index in [4.69, 9.17) is 9.47 Å². The Balaban J connectivity index is 1.30. The van der Waals surface area contributed by atoms with Crippen LogP contribution in [0.4, 0.5) is 11.4 Å². The molecule has 1 heterocycles. The van der Waals surface area contributed by atoms with Crippen molar-refractivity contribution < 1.29 is 28.7 Å². The van der Waals surface area contributed by atoms with Crippen molar-refractivity contribution in [1.82, 2.24) is 0 Å². The van der Waals surface area contributed by atoms with Crippen LogP contribution in [0.5, 0.6) is 11.5 Å². The molecule has 33 heavy (non-hydrogen) atoms. The van der Waals surface area contributed by atoms with Crippen LogP contribution in [0.25, 0.3) is 0 Å². The highest BCUT2D eigenvalue weighted by molar-refractivity contribution is 6.19. The fraction of sp³-hybridized carbons (Fsp3) is 0.120. The predicted octanol–water partition coefficient (Wildman–Crippen LogP) is 3.93. The number of nitrogens with one attached hydrogen (secondary N) is 1. The van der Waals surface area contributed by atoms with Crippen LogP contribution in [0.1, 0.15) is 23.2 Å². The van der Waals surface area contributed by atoms with Gasteiger partial charge in [0.2, 0.25) is 11.8 Å². The van der Waals surface area contributed by atoms with Crippen LogP contribution in [0, 0.1) is 0 Å². The maximum absolute atomic E-state index is 12.3. The Labute approximate surface area is 189 Å². The molecular weight excluding hydrogens is 424 g/mol. The van der Waals surface area contributed by atoms with Crippen molar-refractivity contribution in [3.8, 4) is 11.5 Å². The van der Waals surface area contributed by atoms with E-state index in [-0.39, 0.29) is 30.2 Å². The minimum Gasteiger partial charge on any atom is -0.457 e. The number of carbonyl (C=O) groups is 4. The number of benzene rings is 3. The van der Waals surface area contributed by atoms with Gasteiger partial charge in [-0.15, -0.1) is 0 Å². The van der Waals surface area contributed by atoms with Crippen molar-refractivity contribution in [2.45, 2.75) is 12.8 Å². The third-order valence-corrected chi connectivity index (χ3v) is 4.84. The lowest BCUT2D eigenvalue weighted by atomic mass is 10.2. The first-order chi connectivity index (χ1) is 16.0. The zero-order valence-electron chi connectivity index (χ0n) is 17.5. The topological polar surface area (TPSA) is 102 Å². The molecule has 0 aromatic heterocycles. The predicted molar refractivity (Wildman–Crippen MR) is 120 cm³/mol. The van der Waals surface area contributed by atoms with Crippen molar-refractivity contribution in [3.63, 3.8) is 0 Å². The normalized spacial score (nSPS) is 13.0. The van der Waals surface area contributed by atoms with Crippen LogP contribution >= 0.6 is 0 Å². The molecular formula is C25H20N2O6. The second-order valence-electron chi connectivity index (χ2n) is 7.24. The van der Waals surface area contributed by atoms with Gasteiger partial charge in [0.05, 0.1) is 11.3 Å². The zero-order valence-corrected chi connectivity index (χ0v) is 17.5. The summed E-state index contributed by atoms with van der Waals surface area (Å²) in [4.78, 5) is 49.2. The molecule has 0 bridgehead atoms. The SMILES string of the molecule is O=C(COC(=O)c1ccc(N2C(=O)CCC2=O)cc1)Nc1cccc(Oc2ccccc2)c1. The largest absolute Gasteiger partial charge is 0.457 e. The first-order valence-electron chi connectivity index (χ1n) is 10.3. The molecule has 3 amide bonds. The summed E-state index contributed by atoms with van der Waals surface area (Å²) in [6, 6.07) is 22.0. The van der Waals surface area contributed by atoms with Crippen molar-refractivity contribution in [3.05, 3.63) is 84.4 Å². The van der Waals surface area contributed by atoms with E-state index in [9.17, 15) is 19.2 Å². The van der Waals surface area contributed by atoms with Gasteiger partial charge in [0.25, 0.3) is 5.91 Å². The van der Waals surface area contributed by atoms with E-state index in [1.54, 1.807) is 24.3 Å². The highest BCUT2D eigenvalue weighted by atomic mass is 16.5. The molecule has 1 saturated heterocycles. The van der Waals surface area contributed by atoms with E-state index in [2.05, 4.69) is 5.32 Å². The molecule has 0 radical (unpaired) electrons. The monoisotopic (exact) mass is 444 g/mol. The van der Waals surface area contributed by atoms with Crippen LogP contribution in [-0.4, -0.2) is 30.3 Å². The summed E-state index contributed by atoms with van der Waals surface area (Å²) in [6.07, 6.45) is 0.359. The third kappa shape index (κ3) is 5.43. The highest BCUT2D eigenvalue weighted by Gasteiger charge is 2.30. The van der Waals surface area contributed by atoms with Crippen molar-refractivity contribution in [2.24, 2.45) is 0 Å². The molecule has 0 spiro atoms. The molecule has 0 atom stereocenters. The molecule has 3 aromatic rings. The van der Waals surface area contributed by atoms with Gasteiger partial charge in [-0.1, -0.05) is 24.3 Å². The minimum absolute atomic E-state index is 0.180. The Bertz CT molecular complexity index is 1180. The summed E-state index contributed by atoms with van der Waals surface area (Å²) < 4.78 is 10.8. The molecule has 8 nitrogen and oxygen atoms in total. The molecule has 0 unspecified atom stereocenters. The molecule has 0 aliphatic carbocycles. The number of esters is 1. The number of rotatable bonds is 7. The van der Waals surface area contributed by atoms with E-state index in [1.807, 2.05) is 30.3 Å². The Hall–Kier alpha value is -4.46. The third-order valence-electron chi connectivity index (χ3n) is 4.84. The summed E-state index contributed by atoms with van der Waals surface area (Å²) in [5.41, 5.74) is 1.09. The van der Waals surface area contributed by atoms with Gasteiger partial charge in [0, 0.05) is 24.6 Å². The molecule has 3 aromatic carbocycles. The summed E-state index contributed by atoms with van der Waals surface area (Å²) in [6.45, 7) is -0.479. The van der Waals surface area contributed by atoms with Gasteiger partial charge in [-0.05, 0) is 48.5 Å². The summed E-state index contributed by atoms with van der Waals surface area (Å²) in [7, 11) is 0. The maximum atomic E-state index is 12.3. The zero-order chi connectivity index (χ0) is 23.2. The second-order valence-corrected chi connectivity index (χ2v) is 7.24. The number of hydrogen-bond donors (Lipinski definition) is 1. The summed E-state index contributed by atoms with van der Waals surface area (Å²) >= 11 is 0. The van der Waals surface area contributed by atoms with Crippen LogP contribution < -0.4 is 15.0 Å². The number of amides is 3. The first-order valence-corrected chi connectivity index (χ1v) is 10.3. The Morgan fingerprint density at radius 1 is 0.818 bits per heavy atom. The number of carbonyl (C=O) groups excluding carboxylic acids is 4. The Kier molecular flexibility index (Phi) is 6.45. The van der Waals surface area contributed by atoms with Gasteiger partial charge in [-0.2, -0.15) is 0 Å². The lowest BCUT2D eigenvalue weighted by Crippen LogP contribution is -2.28. The fourth-order valence-corrected chi connectivity index (χ4v) is 3.28. The summed E-state index contributed by atoms with van der Waals surface area (Å²) in [5, 5.41) is 2.65. The maximum Gasteiger partial charge on any atom is 0.338 e. The molecule has 1 fully saturated rings. The number of ether oxygens (including phenoxy) is 2. The standard InChI is InChI=1S/C25H20N2O6/c28-22(26-18-5-4-8-21(15-18)33-20-6-2-1-3-7-20)16-32-25(31)17-9-11-19(12-10-17)27-23(29)13-14-24(27)30/h1-12,15H,13-14,16H2,(H,26,28). The number of nitrogens with zero attached hydrogens (tertiary/aromatic N) is 1. The lowest BCUT2D eigenvalue weighted by molar-refractivity contribution is -0.121. The van der Waals surface area contributed by atoms with Gasteiger partial charge in [-0.3, -0.25) is 19.3 Å². The van der Waals surface area contributed by atoms with Gasteiger partial charge in [0.1, 0.15) is 11.5 Å². The fourth-order valence-electron chi connectivity index (χ4n) is 3.28. The van der Waals surface area contributed by atoms with E-state index in [0.29, 0.717) is 22.9 Å². The van der Waals surface area contributed by atoms with Crippen molar-refractivity contribution in [2.75, 3.05) is 16.8 Å². The van der Waals surface area contributed by atoms with Crippen molar-refractivity contribution in [1.29, 1.82) is 0 Å². The van der Waals surface area contributed by atoms with E-state index >= 15 is 0 Å². The molecule has 1 N–H and O–H groups in total. The van der Waals surface area contributed by atoms with Crippen LogP contribution in [0.15, 0.2) is 78.9 Å². The van der Waals surface area contributed by atoms with E-state index in [1.165, 1.54) is 24.3 Å². The van der Waals surface area contributed by atoms with Crippen LogP contribution in [-0.2, 0) is 19.1 Å². The number of anilines is 2. The number of para-hydroxylation sites is 1. The average Bonchev–Trinajstić information content (AvgIpc) is 3.16. The minimum atomic E-state index is -0.697. The lowest BCUT2D eigenvalue weighted by Gasteiger charge is -2.14. The number of imide groups is 1. The molecule has 166 valence electrons. The average molecular weight is 444 g/mol. The summed E-state index contributed by atoms with van der Waals surface area (Å²) in [5.74, 6) is -0.539. The molecule has 8 heteroatoms. The van der Waals surface area contributed by atoms with E-state index < -0.39 is 18.5 Å². The van der Waals surface area contributed by atoms with Crippen LogP contribution in [0.3, 0.4) is 0 Å². The number of hydrogen-bond acceptors (Lipinski definition) is 6. The van der Waals surface area contributed by atoms with E-state index in [0.717, 1.165) is 4.90 Å². The van der Waals surface area contributed by atoms with Crippen molar-refractivity contribution >= 4 is 35.1 Å². The second kappa shape index (κ2) is 9.78. The highest BCUT2D eigenvalue weighted by Crippen LogP contribution is 2.24. The first kappa shape index (κ1) is 21.8. The van der Waals surface area contributed by atoms with Crippen LogP contribution in [0.2, 0.25) is 0 Å². The van der Waals surface area contributed by atoms with Gasteiger partial charge in [-0.25, -0.2) is 4.79 Å². The quantitative estimate of drug-likeness (QED) is 0.438. The van der Waals surface area contributed by atoms with Gasteiger partial charge in [0.15, 0.2) is 6.61 Å². The van der Waals surface area contributed by atoms with Gasteiger partial charge < -0.3 is 14.8 Å². The van der Waals surface area contributed by atoms with Gasteiger partial charge >= 0.3 is 5.97 Å². The smallest absolute Gasteiger partial charge is 0.338 e. The molecule has 0 saturated carbocycles.